The van der Waals surface area contributed by atoms with Gasteiger partial charge in [-0.15, -0.1) is 0 Å². The number of benzene rings is 1. The summed E-state index contributed by atoms with van der Waals surface area (Å²) in [4.78, 5) is 13.0. The lowest BCUT2D eigenvalue weighted by Gasteiger charge is -2.26. The Morgan fingerprint density at radius 1 is 1.38 bits per heavy atom. The Bertz CT molecular complexity index is 489. The highest BCUT2D eigenvalue weighted by molar-refractivity contribution is 5.66. The van der Waals surface area contributed by atoms with E-state index in [2.05, 4.69) is 11.0 Å². The molecule has 1 aromatic rings. The number of carboxylic acids is 1. The molecule has 2 rings (SSSR count). The number of hydrogen-bond donors (Lipinski definition) is 1. The highest BCUT2D eigenvalue weighted by atomic mass is 16.5. The molecule has 5 nitrogen and oxygen atoms in total. The summed E-state index contributed by atoms with van der Waals surface area (Å²) in [5, 5.41) is 8.76. The van der Waals surface area contributed by atoms with Crippen molar-refractivity contribution in [3.63, 3.8) is 0 Å². The zero-order chi connectivity index (χ0) is 15.2. The smallest absolute Gasteiger partial charge is 0.303 e. The number of hydrogen-bond acceptors (Lipinski definition) is 4. The fourth-order valence-electron chi connectivity index (χ4n) is 2.97. The molecule has 0 bridgehead atoms. The number of nitrogens with zero attached hydrogens (tertiary/aromatic N) is 1. The van der Waals surface area contributed by atoms with Crippen LogP contribution >= 0.6 is 0 Å². The molecule has 0 aromatic heterocycles. The number of carboxylic acid groups (broad SMARTS) is 1. The quantitative estimate of drug-likeness (QED) is 0.837. The van der Waals surface area contributed by atoms with Crippen molar-refractivity contribution in [2.24, 2.45) is 0 Å². The second-order valence-electron chi connectivity index (χ2n) is 5.30. The second kappa shape index (κ2) is 7.31. The summed E-state index contributed by atoms with van der Waals surface area (Å²) in [6, 6.07) is 6.21. The van der Waals surface area contributed by atoms with Crippen LogP contribution in [0.4, 0.5) is 0 Å². The highest BCUT2D eigenvalue weighted by Gasteiger charge is 2.28. The van der Waals surface area contributed by atoms with Crippen LogP contribution in [0, 0.1) is 0 Å². The molecule has 1 saturated heterocycles. The number of aliphatic carboxylic acids is 1. The number of ether oxygens (including phenoxy) is 2. The minimum absolute atomic E-state index is 0.225. The molecule has 0 spiro atoms. The number of rotatable bonds is 7. The maximum absolute atomic E-state index is 10.6. The minimum atomic E-state index is -0.729. The van der Waals surface area contributed by atoms with Crippen molar-refractivity contribution in [2.75, 3.05) is 27.3 Å². The first-order chi connectivity index (χ1) is 10.2. The third-order valence-corrected chi connectivity index (χ3v) is 4.00. The first-order valence-corrected chi connectivity index (χ1v) is 7.33. The Morgan fingerprint density at radius 2 is 2.19 bits per heavy atom. The molecule has 1 atom stereocenters. The third kappa shape index (κ3) is 3.88. The lowest BCUT2D eigenvalue weighted by atomic mass is 10.0. The number of methoxy groups -OCH3 is 2. The van der Waals surface area contributed by atoms with Crippen LogP contribution in [0.1, 0.15) is 37.3 Å². The SMILES string of the molecule is COc1ccc(C2CCCN2CCCC(=O)O)c(OC)c1. The van der Waals surface area contributed by atoms with Crippen LogP contribution in [0.3, 0.4) is 0 Å². The van der Waals surface area contributed by atoms with Gasteiger partial charge in [0.1, 0.15) is 11.5 Å². The summed E-state index contributed by atoms with van der Waals surface area (Å²) < 4.78 is 10.7. The summed E-state index contributed by atoms with van der Waals surface area (Å²) in [6.45, 7) is 1.83. The molecule has 1 unspecified atom stereocenters. The Morgan fingerprint density at radius 3 is 2.86 bits per heavy atom. The van der Waals surface area contributed by atoms with Crippen molar-refractivity contribution in [3.05, 3.63) is 23.8 Å². The Labute approximate surface area is 125 Å². The van der Waals surface area contributed by atoms with Crippen molar-refractivity contribution < 1.29 is 19.4 Å². The van der Waals surface area contributed by atoms with E-state index in [1.54, 1.807) is 14.2 Å². The molecule has 1 fully saturated rings. The molecule has 0 radical (unpaired) electrons. The molecule has 1 aliphatic heterocycles. The van der Waals surface area contributed by atoms with Gasteiger partial charge in [-0.05, 0) is 38.4 Å². The summed E-state index contributed by atoms with van der Waals surface area (Å²) in [6.07, 6.45) is 3.12. The van der Waals surface area contributed by atoms with Gasteiger partial charge < -0.3 is 14.6 Å². The molecule has 1 N–H and O–H groups in total. The summed E-state index contributed by atoms with van der Waals surface area (Å²) >= 11 is 0. The number of likely N-dealkylation sites (tertiary alicyclic amines) is 1. The summed E-state index contributed by atoms with van der Waals surface area (Å²) in [7, 11) is 3.31. The normalized spacial score (nSPS) is 18.7. The van der Waals surface area contributed by atoms with Crippen LogP contribution in [-0.2, 0) is 4.79 Å². The minimum Gasteiger partial charge on any atom is -0.497 e. The van der Waals surface area contributed by atoms with E-state index in [1.807, 2.05) is 12.1 Å². The summed E-state index contributed by atoms with van der Waals surface area (Å²) in [5.41, 5.74) is 1.16. The van der Waals surface area contributed by atoms with E-state index < -0.39 is 5.97 Å². The van der Waals surface area contributed by atoms with Gasteiger partial charge in [0.05, 0.1) is 14.2 Å². The van der Waals surface area contributed by atoms with Gasteiger partial charge in [-0.1, -0.05) is 6.07 Å². The van der Waals surface area contributed by atoms with E-state index in [1.165, 1.54) is 0 Å². The summed E-state index contributed by atoms with van der Waals surface area (Å²) in [5.74, 6) is 0.892. The van der Waals surface area contributed by atoms with Crippen LogP contribution < -0.4 is 9.47 Å². The molecule has 5 heteroatoms. The lowest BCUT2D eigenvalue weighted by molar-refractivity contribution is -0.137. The van der Waals surface area contributed by atoms with Crippen LogP contribution in [0.25, 0.3) is 0 Å². The van der Waals surface area contributed by atoms with Gasteiger partial charge in [0.2, 0.25) is 0 Å². The van der Waals surface area contributed by atoms with Gasteiger partial charge in [-0.2, -0.15) is 0 Å². The molecular formula is C16H23NO4. The second-order valence-corrected chi connectivity index (χ2v) is 5.30. The maximum atomic E-state index is 10.6. The first kappa shape index (κ1) is 15.6. The predicted molar refractivity (Wildman–Crippen MR) is 80.0 cm³/mol. The lowest BCUT2D eigenvalue weighted by Crippen LogP contribution is -2.25. The third-order valence-electron chi connectivity index (χ3n) is 4.00. The number of carbonyl (C=O) groups is 1. The molecule has 21 heavy (non-hydrogen) atoms. The van der Waals surface area contributed by atoms with Crippen molar-refractivity contribution in [1.82, 2.24) is 4.90 Å². The predicted octanol–water partition coefficient (Wildman–Crippen LogP) is 2.71. The van der Waals surface area contributed by atoms with E-state index >= 15 is 0 Å². The standard InChI is InChI=1S/C16H23NO4/c1-20-12-7-8-13(15(11-12)21-2)14-5-3-9-17(14)10-4-6-16(18)19/h7-8,11,14H,3-6,9-10H2,1-2H3,(H,18,19). The Hall–Kier alpha value is -1.75. The topological polar surface area (TPSA) is 59.0 Å². The fraction of sp³-hybridized carbons (Fsp3) is 0.562. The van der Waals surface area contributed by atoms with Gasteiger partial charge in [0.15, 0.2) is 0 Å². The largest absolute Gasteiger partial charge is 0.497 e. The Balaban J connectivity index is 2.10. The zero-order valence-corrected chi connectivity index (χ0v) is 12.7. The average Bonchev–Trinajstić information content (AvgIpc) is 2.94. The molecule has 1 aromatic carbocycles. The van der Waals surface area contributed by atoms with Crippen molar-refractivity contribution in [1.29, 1.82) is 0 Å². The molecule has 0 amide bonds. The van der Waals surface area contributed by atoms with Crippen molar-refractivity contribution >= 4 is 5.97 Å². The van der Waals surface area contributed by atoms with Crippen molar-refractivity contribution in [2.45, 2.75) is 31.7 Å². The van der Waals surface area contributed by atoms with E-state index in [0.717, 1.165) is 43.0 Å². The van der Waals surface area contributed by atoms with E-state index in [0.29, 0.717) is 12.5 Å². The van der Waals surface area contributed by atoms with Gasteiger partial charge >= 0.3 is 5.97 Å². The van der Waals surface area contributed by atoms with Crippen LogP contribution in [0.15, 0.2) is 18.2 Å². The Kier molecular flexibility index (Phi) is 5.44. The first-order valence-electron chi connectivity index (χ1n) is 7.33. The monoisotopic (exact) mass is 293 g/mol. The zero-order valence-electron chi connectivity index (χ0n) is 12.7. The molecule has 1 heterocycles. The fourth-order valence-corrected chi connectivity index (χ4v) is 2.97. The molecule has 0 aliphatic carbocycles. The van der Waals surface area contributed by atoms with Crippen LogP contribution in [0.5, 0.6) is 11.5 Å². The van der Waals surface area contributed by atoms with E-state index in [9.17, 15) is 4.79 Å². The van der Waals surface area contributed by atoms with Gasteiger partial charge in [0, 0.05) is 24.1 Å². The molecule has 0 saturated carbocycles. The van der Waals surface area contributed by atoms with Gasteiger partial charge in [-0.25, -0.2) is 0 Å². The molecule has 116 valence electrons. The van der Waals surface area contributed by atoms with Gasteiger partial charge in [0.25, 0.3) is 0 Å². The molecular weight excluding hydrogens is 270 g/mol. The van der Waals surface area contributed by atoms with Crippen LogP contribution in [-0.4, -0.2) is 43.3 Å². The van der Waals surface area contributed by atoms with E-state index in [4.69, 9.17) is 14.6 Å². The average molecular weight is 293 g/mol. The van der Waals surface area contributed by atoms with Gasteiger partial charge in [-0.3, -0.25) is 9.69 Å². The maximum Gasteiger partial charge on any atom is 0.303 e. The van der Waals surface area contributed by atoms with E-state index in [-0.39, 0.29) is 6.42 Å². The van der Waals surface area contributed by atoms with Crippen molar-refractivity contribution in [3.8, 4) is 11.5 Å². The molecule has 1 aliphatic rings. The highest BCUT2D eigenvalue weighted by Crippen LogP contribution is 2.38. The van der Waals surface area contributed by atoms with Crippen LogP contribution in [0.2, 0.25) is 0 Å².